The van der Waals surface area contributed by atoms with E-state index in [0.29, 0.717) is 0 Å². The van der Waals surface area contributed by atoms with Gasteiger partial charge in [-0.25, -0.2) is 0 Å². The number of rotatable bonds is 9. The Hall–Kier alpha value is -1.28. The van der Waals surface area contributed by atoms with Crippen molar-refractivity contribution >= 4 is 6.08 Å². The molecule has 1 aromatic carbocycles. The molecule has 0 amide bonds. The van der Waals surface area contributed by atoms with Gasteiger partial charge in [-0.15, -0.1) is 0 Å². The molecule has 0 N–H and O–H groups in total. The van der Waals surface area contributed by atoms with Crippen molar-refractivity contribution in [2.45, 2.75) is 25.7 Å². The van der Waals surface area contributed by atoms with Crippen LogP contribution in [0.3, 0.4) is 0 Å². The highest BCUT2D eigenvalue weighted by Gasteiger charge is 1.98. The predicted molar refractivity (Wildman–Crippen MR) is 79.1 cm³/mol. The Balaban J connectivity index is 2.12. The molecule has 0 aromatic heterocycles. The van der Waals surface area contributed by atoms with E-state index in [2.05, 4.69) is 25.6 Å². The minimum Gasteiger partial charge on any atom is -0.493 e. The molecular formula is C16H25NO. The van der Waals surface area contributed by atoms with E-state index in [1.165, 1.54) is 25.8 Å². The van der Waals surface area contributed by atoms with Gasteiger partial charge in [0.25, 0.3) is 0 Å². The second-order valence-corrected chi connectivity index (χ2v) is 4.81. The molecule has 0 saturated carbocycles. The molecule has 0 atom stereocenters. The van der Waals surface area contributed by atoms with Gasteiger partial charge in [-0.3, -0.25) is 0 Å². The summed E-state index contributed by atoms with van der Waals surface area (Å²) >= 11 is 0. The summed E-state index contributed by atoms with van der Waals surface area (Å²) in [6.07, 6.45) is 6.76. The summed E-state index contributed by atoms with van der Waals surface area (Å²) < 4.78 is 5.77. The van der Waals surface area contributed by atoms with Crippen LogP contribution in [-0.2, 0) is 0 Å². The summed E-state index contributed by atoms with van der Waals surface area (Å²) in [5.74, 6) is 0.945. The van der Waals surface area contributed by atoms with Gasteiger partial charge in [0.15, 0.2) is 0 Å². The molecule has 100 valence electrons. The van der Waals surface area contributed by atoms with Gasteiger partial charge < -0.3 is 9.64 Å². The summed E-state index contributed by atoms with van der Waals surface area (Å²) in [6.45, 7) is 5.77. The lowest BCUT2D eigenvalue weighted by atomic mass is 10.2. The van der Waals surface area contributed by atoms with Crippen LogP contribution in [0.4, 0.5) is 0 Å². The summed E-state index contributed by atoms with van der Waals surface area (Å²) in [5, 5.41) is 0. The zero-order valence-corrected chi connectivity index (χ0v) is 11.7. The molecule has 0 spiro atoms. The lowest BCUT2D eigenvalue weighted by Gasteiger charge is -2.10. The molecule has 0 saturated heterocycles. The molecule has 1 aromatic rings. The highest BCUT2D eigenvalue weighted by atomic mass is 16.5. The van der Waals surface area contributed by atoms with E-state index in [1.54, 1.807) is 0 Å². The Morgan fingerprint density at radius 3 is 2.56 bits per heavy atom. The van der Waals surface area contributed by atoms with Gasteiger partial charge in [-0.05, 0) is 39.5 Å². The fraction of sp³-hybridized carbons (Fsp3) is 0.500. The number of hydrogen-bond donors (Lipinski definition) is 0. The summed E-state index contributed by atoms with van der Waals surface area (Å²) in [5.41, 5.74) is 1.07. The topological polar surface area (TPSA) is 12.5 Å². The molecule has 18 heavy (non-hydrogen) atoms. The van der Waals surface area contributed by atoms with Crippen molar-refractivity contribution in [3.8, 4) is 5.75 Å². The normalized spacial score (nSPS) is 10.6. The zero-order chi connectivity index (χ0) is 13.2. The maximum atomic E-state index is 5.77. The Kier molecular flexibility index (Phi) is 7.19. The lowest BCUT2D eigenvalue weighted by Crippen LogP contribution is -2.12. The summed E-state index contributed by atoms with van der Waals surface area (Å²) in [6, 6.07) is 8.03. The van der Waals surface area contributed by atoms with Gasteiger partial charge >= 0.3 is 0 Å². The van der Waals surface area contributed by atoms with E-state index in [1.807, 2.05) is 30.3 Å². The molecule has 0 bridgehead atoms. The number of unbranched alkanes of at least 4 members (excludes halogenated alkanes) is 3. The first-order valence-corrected chi connectivity index (χ1v) is 6.73. The minimum absolute atomic E-state index is 0.798. The SMILES string of the molecule is C=Cc1ccccc1OCCCCCCN(C)C. The molecule has 0 unspecified atom stereocenters. The molecule has 0 aliphatic rings. The fourth-order valence-corrected chi connectivity index (χ4v) is 1.85. The molecule has 2 nitrogen and oxygen atoms in total. The van der Waals surface area contributed by atoms with Crippen LogP contribution in [0.1, 0.15) is 31.2 Å². The maximum absolute atomic E-state index is 5.77. The van der Waals surface area contributed by atoms with Gasteiger partial charge in [0.2, 0.25) is 0 Å². The third kappa shape index (κ3) is 5.87. The van der Waals surface area contributed by atoms with Gasteiger partial charge in [0.05, 0.1) is 6.61 Å². The van der Waals surface area contributed by atoms with E-state index >= 15 is 0 Å². The van der Waals surface area contributed by atoms with Crippen LogP contribution in [0.5, 0.6) is 5.75 Å². The third-order valence-electron chi connectivity index (χ3n) is 2.90. The predicted octanol–water partition coefficient (Wildman–Crippen LogP) is 3.83. The number of hydrogen-bond acceptors (Lipinski definition) is 2. The van der Waals surface area contributed by atoms with E-state index < -0.39 is 0 Å². The Morgan fingerprint density at radius 2 is 1.83 bits per heavy atom. The van der Waals surface area contributed by atoms with Crippen molar-refractivity contribution in [1.82, 2.24) is 4.90 Å². The monoisotopic (exact) mass is 247 g/mol. The second kappa shape index (κ2) is 8.76. The van der Waals surface area contributed by atoms with Gasteiger partial charge in [0.1, 0.15) is 5.75 Å². The first kappa shape index (κ1) is 14.8. The highest BCUT2D eigenvalue weighted by molar-refractivity contribution is 5.55. The minimum atomic E-state index is 0.798. The quantitative estimate of drug-likeness (QED) is 0.615. The summed E-state index contributed by atoms with van der Waals surface area (Å²) in [7, 11) is 4.24. The van der Waals surface area contributed by atoms with Crippen LogP contribution in [0, 0.1) is 0 Å². The standard InChI is InChI=1S/C16H25NO/c1-4-15-11-7-8-12-16(15)18-14-10-6-5-9-13-17(2)3/h4,7-8,11-12H,1,5-6,9-10,13-14H2,2-3H3. The molecule has 0 aliphatic carbocycles. The first-order chi connectivity index (χ1) is 8.74. The number of para-hydroxylation sites is 1. The van der Waals surface area contributed by atoms with Crippen molar-refractivity contribution in [1.29, 1.82) is 0 Å². The van der Waals surface area contributed by atoms with E-state index in [-0.39, 0.29) is 0 Å². The number of ether oxygens (including phenoxy) is 1. The number of benzene rings is 1. The van der Waals surface area contributed by atoms with Crippen molar-refractivity contribution in [3.63, 3.8) is 0 Å². The average Bonchev–Trinajstić information content (AvgIpc) is 2.37. The van der Waals surface area contributed by atoms with Crippen molar-refractivity contribution < 1.29 is 4.74 Å². The molecular weight excluding hydrogens is 222 g/mol. The third-order valence-corrected chi connectivity index (χ3v) is 2.90. The summed E-state index contributed by atoms with van der Waals surface area (Å²) in [4.78, 5) is 2.23. The molecule has 0 aliphatic heterocycles. The van der Waals surface area contributed by atoms with Crippen LogP contribution >= 0.6 is 0 Å². The van der Waals surface area contributed by atoms with E-state index in [0.717, 1.165) is 24.3 Å². The van der Waals surface area contributed by atoms with Crippen molar-refractivity contribution in [3.05, 3.63) is 36.4 Å². The maximum Gasteiger partial charge on any atom is 0.126 e. The van der Waals surface area contributed by atoms with Gasteiger partial charge in [-0.1, -0.05) is 43.7 Å². The van der Waals surface area contributed by atoms with Crippen LogP contribution in [0.2, 0.25) is 0 Å². The average molecular weight is 247 g/mol. The number of nitrogens with zero attached hydrogens (tertiary/aromatic N) is 1. The van der Waals surface area contributed by atoms with Gasteiger partial charge in [-0.2, -0.15) is 0 Å². The highest BCUT2D eigenvalue weighted by Crippen LogP contribution is 2.19. The largest absolute Gasteiger partial charge is 0.493 e. The molecule has 0 radical (unpaired) electrons. The van der Waals surface area contributed by atoms with E-state index in [4.69, 9.17) is 4.74 Å². The van der Waals surface area contributed by atoms with Crippen LogP contribution in [0.25, 0.3) is 6.08 Å². The van der Waals surface area contributed by atoms with E-state index in [9.17, 15) is 0 Å². The van der Waals surface area contributed by atoms with Gasteiger partial charge in [0, 0.05) is 5.56 Å². The zero-order valence-electron chi connectivity index (χ0n) is 11.7. The first-order valence-electron chi connectivity index (χ1n) is 6.73. The molecule has 1 rings (SSSR count). The molecule has 0 fully saturated rings. The lowest BCUT2D eigenvalue weighted by molar-refractivity contribution is 0.301. The van der Waals surface area contributed by atoms with Crippen molar-refractivity contribution in [2.24, 2.45) is 0 Å². The van der Waals surface area contributed by atoms with Crippen molar-refractivity contribution in [2.75, 3.05) is 27.2 Å². The fourth-order valence-electron chi connectivity index (χ4n) is 1.85. The Labute approximate surface area is 111 Å². The molecule has 2 heteroatoms. The Morgan fingerprint density at radius 1 is 1.11 bits per heavy atom. The Bertz CT molecular complexity index is 347. The smallest absolute Gasteiger partial charge is 0.126 e. The second-order valence-electron chi connectivity index (χ2n) is 4.81. The van der Waals surface area contributed by atoms with Crippen LogP contribution in [0.15, 0.2) is 30.8 Å². The molecule has 0 heterocycles. The van der Waals surface area contributed by atoms with Crippen LogP contribution < -0.4 is 4.74 Å². The van der Waals surface area contributed by atoms with Crippen LogP contribution in [-0.4, -0.2) is 32.1 Å².